The highest BCUT2D eigenvalue weighted by molar-refractivity contribution is 5.95. The molecule has 0 unspecified atom stereocenters. The van der Waals surface area contributed by atoms with E-state index in [1.54, 1.807) is 12.1 Å². The highest BCUT2D eigenvalue weighted by Gasteiger charge is 2.50. The summed E-state index contributed by atoms with van der Waals surface area (Å²) >= 11 is 0. The summed E-state index contributed by atoms with van der Waals surface area (Å²) in [7, 11) is 4.35. The molecule has 2 rings (SSSR count). The first-order valence-corrected chi connectivity index (χ1v) is 5.78. The molecule has 0 N–H and O–H groups in total. The first kappa shape index (κ1) is 13.6. The maximum atomic E-state index is 11.9. The molecule has 1 aliphatic rings. The summed E-state index contributed by atoms with van der Waals surface area (Å²) in [6.07, 6.45) is 2.36. The Morgan fingerprint density at radius 2 is 2.00 bits per heavy atom. The molecule has 1 aromatic carbocycles. The van der Waals surface area contributed by atoms with Gasteiger partial charge in [-0.25, -0.2) is 4.79 Å². The normalized spacial score (nSPS) is 15.8. The summed E-state index contributed by atoms with van der Waals surface area (Å²) in [5.41, 5.74) is 1.73. The predicted molar refractivity (Wildman–Crippen MR) is 68.0 cm³/mol. The minimum absolute atomic E-state index is 0.383. The Morgan fingerprint density at radius 3 is 2.53 bits per heavy atom. The lowest BCUT2D eigenvalue weighted by Gasteiger charge is -2.26. The van der Waals surface area contributed by atoms with E-state index in [1.165, 1.54) is 21.3 Å². The maximum Gasteiger partial charge on any atom is 0.362 e. The van der Waals surface area contributed by atoms with Gasteiger partial charge in [-0.05, 0) is 18.1 Å². The number of rotatable bonds is 5. The smallest absolute Gasteiger partial charge is 0.362 e. The molecule has 0 aromatic heterocycles. The Hall–Kier alpha value is -1.85. The second kappa shape index (κ2) is 5.03. The molecule has 0 fully saturated rings. The van der Waals surface area contributed by atoms with Crippen LogP contribution in [0, 0.1) is 0 Å². The van der Waals surface area contributed by atoms with Crippen molar-refractivity contribution in [3.63, 3.8) is 0 Å². The van der Waals surface area contributed by atoms with Crippen molar-refractivity contribution in [1.29, 1.82) is 0 Å². The fourth-order valence-corrected chi connectivity index (χ4v) is 2.25. The zero-order valence-electron chi connectivity index (χ0n) is 11.2. The molecule has 5 heteroatoms. The van der Waals surface area contributed by atoms with Crippen LogP contribution in [-0.4, -0.2) is 27.3 Å². The lowest BCUT2D eigenvalue weighted by atomic mass is 10.00. The molecule has 0 radical (unpaired) electrons. The molecule has 1 aromatic rings. The average Bonchev–Trinajstić information content (AvgIpc) is 2.73. The number of fused-ring (bicyclic) bond motifs is 1. The third-order valence-corrected chi connectivity index (χ3v) is 3.10. The van der Waals surface area contributed by atoms with E-state index in [0.717, 1.165) is 5.56 Å². The molecule has 0 aliphatic carbocycles. The summed E-state index contributed by atoms with van der Waals surface area (Å²) in [4.78, 5) is 11.9. The molecule has 0 amide bonds. The van der Waals surface area contributed by atoms with Crippen LogP contribution >= 0.6 is 0 Å². The molecule has 0 atom stereocenters. The van der Waals surface area contributed by atoms with Gasteiger partial charge in [0, 0.05) is 14.2 Å². The number of benzene rings is 1. The fraction of sp³-hybridized carbons (Fsp3) is 0.357. The van der Waals surface area contributed by atoms with Crippen LogP contribution in [0.5, 0.6) is 5.75 Å². The van der Waals surface area contributed by atoms with Gasteiger partial charge in [-0.2, -0.15) is 0 Å². The van der Waals surface area contributed by atoms with Gasteiger partial charge in [-0.1, -0.05) is 12.1 Å². The van der Waals surface area contributed by atoms with Crippen molar-refractivity contribution in [1.82, 2.24) is 0 Å². The molecule has 0 saturated carbocycles. The van der Waals surface area contributed by atoms with E-state index in [2.05, 4.69) is 6.58 Å². The number of allylic oxidation sites excluding steroid dienone is 1. The summed E-state index contributed by atoms with van der Waals surface area (Å²) < 4.78 is 21.1. The van der Waals surface area contributed by atoms with Gasteiger partial charge < -0.3 is 18.9 Å². The van der Waals surface area contributed by atoms with Gasteiger partial charge in [0.15, 0.2) is 0 Å². The van der Waals surface area contributed by atoms with Crippen molar-refractivity contribution in [2.24, 2.45) is 0 Å². The third kappa shape index (κ3) is 1.91. The molecular formula is C14H16O5. The summed E-state index contributed by atoms with van der Waals surface area (Å²) in [5.74, 6) is -1.52. The van der Waals surface area contributed by atoms with Gasteiger partial charge in [-0.3, -0.25) is 0 Å². The minimum Gasteiger partial charge on any atom is -0.496 e. The van der Waals surface area contributed by atoms with E-state index < -0.39 is 11.9 Å². The molecule has 1 heterocycles. The monoisotopic (exact) mass is 264 g/mol. The number of carbonyl (C=O) groups excluding carboxylic acids is 1. The Kier molecular flexibility index (Phi) is 3.59. The number of hydrogen-bond acceptors (Lipinski definition) is 5. The van der Waals surface area contributed by atoms with Crippen molar-refractivity contribution in [2.75, 3.05) is 21.3 Å². The van der Waals surface area contributed by atoms with Crippen molar-refractivity contribution in [2.45, 2.75) is 12.4 Å². The second-order valence-corrected chi connectivity index (χ2v) is 4.03. The summed E-state index contributed by atoms with van der Waals surface area (Å²) in [6.45, 7) is 3.70. The number of cyclic esters (lactones) is 1. The van der Waals surface area contributed by atoms with Gasteiger partial charge in [0.1, 0.15) is 11.3 Å². The van der Waals surface area contributed by atoms with E-state index in [0.29, 0.717) is 23.3 Å². The van der Waals surface area contributed by atoms with Crippen LogP contribution in [0.15, 0.2) is 24.8 Å². The van der Waals surface area contributed by atoms with Crippen LogP contribution in [-0.2, 0) is 26.6 Å². The van der Waals surface area contributed by atoms with E-state index >= 15 is 0 Å². The number of ether oxygens (including phenoxy) is 4. The van der Waals surface area contributed by atoms with E-state index in [4.69, 9.17) is 18.9 Å². The summed E-state index contributed by atoms with van der Waals surface area (Å²) in [5, 5.41) is 0. The highest BCUT2D eigenvalue weighted by Crippen LogP contribution is 2.44. The SMILES string of the molecule is C=CCc1ccc2c(c1OC)C(OC)(OC)OC2=O. The molecule has 0 saturated heterocycles. The average molecular weight is 264 g/mol. The van der Waals surface area contributed by atoms with Crippen molar-refractivity contribution >= 4 is 5.97 Å². The quantitative estimate of drug-likeness (QED) is 0.462. The van der Waals surface area contributed by atoms with E-state index in [-0.39, 0.29) is 0 Å². The molecule has 0 bridgehead atoms. The lowest BCUT2D eigenvalue weighted by Crippen LogP contribution is -2.31. The van der Waals surface area contributed by atoms with E-state index in [9.17, 15) is 4.79 Å². The Labute approximate surface area is 111 Å². The van der Waals surface area contributed by atoms with Gasteiger partial charge in [0.25, 0.3) is 0 Å². The summed E-state index contributed by atoms with van der Waals surface area (Å²) in [6, 6.07) is 3.49. The van der Waals surface area contributed by atoms with E-state index in [1.807, 2.05) is 6.07 Å². The molecule has 19 heavy (non-hydrogen) atoms. The van der Waals surface area contributed by atoms with Crippen LogP contribution in [0.2, 0.25) is 0 Å². The number of hydrogen-bond donors (Lipinski definition) is 0. The van der Waals surface area contributed by atoms with Crippen LogP contribution < -0.4 is 4.74 Å². The zero-order valence-corrected chi connectivity index (χ0v) is 11.2. The van der Waals surface area contributed by atoms with Crippen molar-refractivity contribution < 1.29 is 23.7 Å². The van der Waals surface area contributed by atoms with Crippen LogP contribution in [0.25, 0.3) is 0 Å². The number of esters is 1. The standard InChI is InChI=1S/C14H16O5/c1-5-6-9-7-8-10-11(12(9)16-2)14(17-3,18-4)19-13(10)15/h5,7-8H,1,6H2,2-4H3. The Balaban J connectivity index is 2.70. The van der Waals surface area contributed by atoms with Crippen LogP contribution in [0.1, 0.15) is 21.5 Å². The third-order valence-electron chi connectivity index (χ3n) is 3.10. The Morgan fingerprint density at radius 1 is 1.32 bits per heavy atom. The second-order valence-electron chi connectivity index (χ2n) is 4.03. The molecule has 102 valence electrons. The van der Waals surface area contributed by atoms with Crippen molar-refractivity contribution in [3.8, 4) is 5.75 Å². The fourth-order valence-electron chi connectivity index (χ4n) is 2.25. The first-order valence-electron chi connectivity index (χ1n) is 5.78. The minimum atomic E-state index is -1.55. The Bertz CT molecular complexity index is 517. The zero-order chi connectivity index (χ0) is 14.0. The van der Waals surface area contributed by atoms with Gasteiger partial charge >= 0.3 is 11.9 Å². The largest absolute Gasteiger partial charge is 0.496 e. The molecule has 1 aliphatic heterocycles. The predicted octanol–water partition coefficient (Wildman–Crippen LogP) is 2.00. The van der Waals surface area contributed by atoms with Gasteiger partial charge in [0.05, 0.1) is 12.7 Å². The number of carbonyl (C=O) groups is 1. The van der Waals surface area contributed by atoms with Crippen molar-refractivity contribution in [3.05, 3.63) is 41.5 Å². The molecule has 0 spiro atoms. The highest BCUT2D eigenvalue weighted by atomic mass is 16.9. The van der Waals surface area contributed by atoms with Gasteiger partial charge in [-0.15, -0.1) is 6.58 Å². The maximum absolute atomic E-state index is 11.9. The number of methoxy groups -OCH3 is 3. The topological polar surface area (TPSA) is 54.0 Å². The van der Waals surface area contributed by atoms with Crippen LogP contribution in [0.4, 0.5) is 0 Å². The first-order chi connectivity index (χ1) is 9.13. The van der Waals surface area contributed by atoms with Crippen LogP contribution in [0.3, 0.4) is 0 Å². The molecular weight excluding hydrogens is 248 g/mol. The van der Waals surface area contributed by atoms with Gasteiger partial charge in [0.2, 0.25) is 0 Å². The molecule has 5 nitrogen and oxygen atoms in total. The lowest BCUT2D eigenvalue weighted by molar-refractivity contribution is -0.341.